The molecule has 0 unspecified atom stereocenters. The molecular formula is C18H32O2. The van der Waals surface area contributed by atoms with Crippen LogP contribution in [-0.2, 0) is 4.79 Å². The predicted octanol–water partition coefficient (Wildman–Crippen LogP) is 5.88. The molecule has 2 heteroatoms. The normalized spacial score (nSPS) is 11.7. The van der Waals surface area contributed by atoms with Crippen LogP contribution in [0.1, 0.15) is 84.0 Å². The maximum atomic E-state index is 10.2. The predicted molar refractivity (Wildman–Crippen MR) is 87.0 cm³/mol. The summed E-state index contributed by atoms with van der Waals surface area (Å²) >= 11 is 0. The van der Waals surface area contributed by atoms with E-state index in [1.807, 2.05) is 0 Å². The number of unbranched alkanes of at least 4 members (excludes halogenated alkanes) is 10. The van der Waals surface area contributed by atoms with Gasteiger partial charge in [0.25, 0.3) is 0 Å². The highest BCUT2D eigenvalue weighted by Gasteiger charge is 1.91. The first-order chi connectivity index (χ1) is 9.77. The summed E-state index contributed by atoms with van der Waals surface area (Å²) in [7, 11) is 0. The van der Waals surface area contributed by atoms with Gasteiger partial charge in [-0.15, -0.1) is 0 Å². The fraction of sp³-hybridized carbons (Fsp3) is 0.722. The zero-order chi connectivity index (χ0) is 14.9. The maximum absolute atomic E-state index is 10.2. The monoisotopic (exact) mass is 280 g/mol. The molecule has 0 bridgehead atoms. The topological polar surface area (TPSA) is 37.3 Å². The first-order valence-electron chi connectivity index (χ1n) is 8.31. The smallest absolute Gasteiger partial charge is 0.327 e. The van der Waals surface area contributed by atoms with Crippen molar-refractivity contribution in [3.05, 3.63) is 24.3 Å². The van der Waals surface area contributed by atoms with E-state index in [-0.39, 0.29) is 0 Å². The van der Waals surface area contributed by atoms with E-state index < -0.39 is 5.97 Å². The summed E-state index contributed by atoms with van der Waals surface area (Å²) in [5.74, 6) is -0.839. The van der Waals surface area contributed by atoms with Crippen LogP contribution in [0.4, 0.5) is 0 Å². The van der Waals surface area contributed by atoms with Gasteiger partial charge in [-0.25, -0.2) is 4.79 Å². The Bertz CT molecular complexity index is 267. The summed E-state index contributed by atoms with van der Waals surface area (Å²) in [5, 5.41) is 8.43. The number of hydrogen-bond donors (Lipinski definition) is 1. The molecule has 0 radical (unpaired) electrons. The molecule has 0 aliphatic rings. The molecular weight excluding hydrogens is 248 g/mol. The highest BCUT2D eigenvalue weighted by atomic mass is 16.4. The number of allylic oxidation sites excluding steroid dienone is 3. The molecule has 0 heterocycles. The second-order valence-electron chi connectivity index (χ2n) is 5.41. The Morgan fingerprint density at radius 3 is 1.70 bits per heavy atom. The van der Waals surface area contributed by atoms with Crippen LogP contribution >= 0.6 is 0 Å². The van der Waals surface area contributed by atoms with Gasteiger partial charge in [0.2, 0.25) is 0 Å². The molecule has 20 heavy (non-hydrogen) atoms. The van der Waals surface area contributed by atoms with Gasteiger partial charge >= 0.3 is 5.97 Å². The summed E-state index contributed by atoms with van der Waals surface area (Å²) in [6, 6.07) is 0. The largest absolute Gasteiger partial charge is 0.478 e. The first kappa shape index (κ1) is 18.9. The third-order valence-electron chi connectivity index (χ3n) is 3.39. The standard InChI is InChI=1S/C18H32O2/c1-2-3-4-5-6-7-8-9-10-11-12-13-14-15-16-17-18(19)20/h5-6,16-17H,2-4,7-15H2,1H3,(H,19,20). The third kappa shape index (κ3) is 16.9. The molecule has 1 N–H and O–H groups in total. The Balaban J connectivity index is 3.09. The number of carbonyl (C=O) groups is 1. The van der Waals surface area contributed by atoms with Crippen molar-refractivity contribution in [2.45, 2.75) is 84.0 Å². The first-order valence-corrected chi connectivity index (χ1v) is 8.31. The second kappa shape index (κ2) is 16.0. The zero-order valence-electron chi connectivity index (χ0n) is 13.2. The van der Waals surface area contributed by atoms with Crippen LogP contribution in [0.15, 0.2) is 24.3 Å². The van der Waals surface area contributed by atoms with Gasteiger partial charge in [0.15, 0.2) is 0 Å². The molecule has 0 atom stereocenters. The van der Waals surface area contributed by atoms with E-state index in [0.29, 0.717) is 0 Å². The van der Waals surface area contributed by atoms with Crippen LogP contribution in [-0.4, -0.2) is 11.1 Å². The molecule has 0 aliphatic heterocycles. The molecule has 0 spiro atoms. The number of rotatable bonds is 14. The average molecular weight is 280 g/mol. The molecule has 2 nitrogen and oxygen atoms in total. The van der Waals surface area contributed by atoms with Gasteiger partial charge in [0, 0.05) is 6.08 Å². The molecule has 0 aliphatic carbocycles. The van der Waals surface area contributed by atoms with E-state index in [4.69, 9.17) is 5.11 Å². The van der Waals surface area contributed by atoms with Crippen molar-refractivity contribution in [1.82, 2.24) is 0 Å². The molecule has 0 aromatic rings. The van der Waals surface area contributed by atoms with Crippen LogP contribution in [0.3, 0.4) is 0 Å². The molecule has 116 valence electrons. The van der Waals surface area contributed by atoms with Gasteiger partial charge in [-0.3, -0.25) is 0 Å². The van der Waals surface area contributed by atoms with Crippen molar-refractivity contribution >= 4 is 5.97 Å². The van der Waals surface area contributed by atoms with Gasteiger partial charge in [-0.05, 0) is 32.1 Å². The van der Waals surface area contributed by atoms with Crippen molar-refractivity contribution in [2.75, 3.05) is 0 Å². The van der Waals surface area contributed by atoms with Gasteiger partial charge in [-0.2, -0.15) is 0 Å². The Kier molecular flexibility index (Phi) is 15.2. The highest BCUT2D eigenvalue weighted by molar-refractivity contribution is 5.79. The molecule has 0 fully saturated rings. The fourth-order valence-electron chi connectivity index (χ4n) is 2.15. The lowest BCUT2D eigenvalue weighted by Gasteiger charge is -2.00. The van der Waals surface area contributed by atoms with Gasteiger partial charge in [0.05, 0.1) is 0 Å². The lowest BCUT2D eigenvalue weighted by molar-refractivity contribution is -0.131. The van der Waals surface area contributed by atoms with Crippen LogP contribution in [0.25, 0.3) is 0 Å². The number of carboxylic acid groups (broad SMARTS) is 1. The molecule has 0 saturated carbocycles. The minimum absolute atomic E-state index is 0.839. The van der Waals surface area contributed by atoms with Crippen molar-refractivity contribution in [3.63, 3.8) is 0 Å². The summed E-state index contributed by atoms with van der Waals surface area (Å²) < 4.78 is 0. The third-order valence-corrected chi connectivity index (χ3v) is 3.39. The van der Waals surface area contributed by atoms with Crippen LogP contribution in [0, 0.1) is 0 Å². The van der Waals surface area contributed by atoms with E-state index >= 15 is 0 Å². The zero-order valence-corrected chi connectivity index (χ0v) is 13.2. The van der Waals surface area contributed by atoms with Crippen molar-refractivity contribution in [3.8, 4) is 0 Å². The highest BCUT2D eigenvalue weighted by Crippen LogP contribution is 2.10. The lowest BCUT2D eigenvalue weighted by Crippen LogP contribution is -1.85. The molecule has 0 aromatic heterocycles. The van der Waals surface area contributed by atoms with Crippen LogP contribution in [0.2, 0.25) is 0 Å². The van der Waals surface area contributed by atoms with Crippen LogP contribution in [0.5, 0.6) is 0 Å². The fourth-order valence-corrected chi connectivity index (χ4v) is 2.15. The van der Waals surface area contributed by atoms with E-state index in [2.05, 4.69) is 19.1 Å². The quantitative estimate of drug-likeness (QED) is 0.245. The SMILES string of the molecule is CCCCC=CCCCCCCCCCC=CC(=O)O. The van der Waals surface area contributed by atoms with E-state index in [1.165, 1.54) is 70.3 Å². The summed E-state index contributed by atoms with van der Waals surface area (Å²) in [4.78, 5) is 10.2. The van der Waals surface area contributed by atoms with E-state index in [1.54, 1.807) is 6.08 Å². The Morgan fingerprint density at radius 1 is 0.750 bits per heavy atom. The summed E-state index contributed by atoms with van der Waals surface area (Å²) in [5.41, 5.74) is 0. The van der Waals surface area contributed by atoms with Gasteiger partial charge in [-0.1, -0.05) is 70.1 Å². The maximum Gasteiger partial charge on any atom is 0.327 e. The van der Waals surface area contributed by atoms with Crippen molar-refractivity contribution < 1.29 is 9.90 Å². The minimum atomic E-state index is -0.839. The number of hydrogen-bond acceptors (Lipinski definition) is 1. The molecule has 0 amide bonds. The second-order valence-corrected chi connectivity index (χ2v) is 5.41. The van der Waals surface area contributed by atoms with Crippen molar-refractivity contribution in [1.29, 1.82) is 0 Å². The molecule has 0 saturated heterocycles. The lowest BCUT2D eigenvalue weighted by atomic mass is 10.1. The molecule has 0 aromatic carbocycles. The Morgan fingerprint density at radius 2 is 1.20 bits per heavy atom. The number of carboxylic acids is 1. The van der Waals surface area contributed by atoms with Crippen LogP contribution < -0.4 is 0 Å². The number of aliphatic carboxylic acids is 1. The van der Waals surface area contributed by atoms with Crippen molar-refractivity contribution in [2.24, 2.45) is 0 Å². The van der Waals surface area contributed by atoms with Gasteiger partial charge < -0.3 is 5.11 Å². The Hall–Kier alpha value is -1.05. The van der Waals surface area contributed by atoms with E-state index in [9.17, 15) is 4.79 Å². The Labute approximate surface area is 125 Å². The summed E-state index contributed by atoms with van der Waals surface area (Å²) in [6.07, 6.45) is 22.6. The molecule has 0 rings (SSSR count). The summed E-state index contributed by atoms with van der Waals surface area (Å²) in [6.45, 7) is 2.23. The average Bonchev–Trinajstić information content (AvgIpc) is 2.43. The van der Waals surface area contributed by atoms with Gasteiger partial charge in [0.1, 0.15) is 0 Å². The van der Waals surface area contributed by atoms with E-state index in [0.717, 1.165) is 12.8 Å². The minimum Gasteiger partial charge on any atom is -0.478 e.